The van der Waals surface area contributed by atoms with Gasteiger partial charge < -0.3 is 10.1 Å². The van der Waals surface area contributed by atoms with Gasteiger partial charge in [0.25, 0.3) is 0 Å². The van der Waals surface area contributed by atoms with Crippen molar-refractivity contribution < 1.29 is 9.53 Å². The van der Waals surface area contributed by atoms with Crippen molar-refractivity contribution in [3.05, 3.63) is 86.7 Å². The van der Waals surface area contributed by atoms with Crippen molar-refractivity contribution in [3.8, 4) is 11.4 Å². The fourth-order valence-corrected chi connectivity index (χ4v) is 2.69. The van der Waals surface area contributed by atoms with Crippen LogP contribution in [0.15, 0.2) is 70.5 Å². The Morgan fingerprint density at radius 1 is 1.07 bits per heavy atom. The molecule has 3 rings (SSSR count). The minimum Gasteiger partial charge on any atom is -0.497 e. The van der Waals surface area contributed by atoms with Gasteiger partial charge in [0, 0.05) is 28.8 Å². The maximum atomic E-state index is 12.4. The molecule has 1 amide bonds. The van der Waals surface area contributed by atoms with Crippen LogP contribution in [-0.2, 0) is 11.3 Å². The molecule has 27 heavy (non-hydrogen) atoms. The van der Waals surface area contributed by atoms with Gasteiger partial charge in [-0.05, 0) is 42.5 Å². The first-order chi connectivity index (χ1) is 13.0. The second kappa shape index (κ2) is 7.92. The summed E-state index contributed by atoms with van der Waals surface area (Å²) < 4.78 is 7.35. The standard InChI is InChI=1S/C19H16ClN3O4/c1-27-16-7-5-15(6-8-16)23-10-9-22(18(25)19(23)26)12-17(24)21-14-4-2-3-13(20)11-14/h2-11H,12H2,1H3,(H,21,24). The van der Waals surface area contributed by atoms with E-state index < -0.39 is 17.0 Å². The first-order valence-electron chi connectivity index (χ1n) is 8.00. The number of anilines is 1. The molecule has 0 aliphatic heterocycles. The third-order valence-corrected chi connectivity index (χ3v) is 4.07. The summed E-state index contributed by atoms with van der Waals surface area (Å²) in [6, 6.07) is 13.3. The van der Waals surface area contributed by atoms with Crippen molar-refractivity contribution in [1.82, 2.24) is 9.13 Å². The van der Waals surface area contributed by atoms with Crippen molar-refractivity contribution in [1.29, 1.82) is 0 Å². The van der Waals surface area contributed by atoms with Crippen molar-refractivity contribution >= 4 is 23.2 Å². The van der Waals surface area contributed by atoms with Gasteiger partial charge in [-0.2, -0.15) is 0 Å². The van der Waals surface area contributed by atoms with E-state index in [0.29, 0.717) is 22.1 Å². The summed E-state index contributed by atoms with van der Waals surface area (Å²) in [5.74, 6) is 0.193. The van der Waals surface area contributed by atoms with E-state index in [1.807, 2.05) is 0 Å². The van der Waals surface area contributed by atoms with Crippen molar-refractivity contribution in [2.24, 2.45) is 0 Å². The monoisotopic (exact) mass is 385 g/mol. The lowest BCUT2D eigenvalue weighted by atomic mass is 10.3. The zero-order valence-corrected chi connectivity index (χ0v) is 15.1. The molecule has 138 valence electrons. The number of ether oxygens (including phenoxy) is 1. The van der Waals surface area contributed by atoms with Gasteiger partial charge in [0.1, 0.15) is 12.3 Å². The highest BCUT2D eigenvalue weighted by Gasteiger charge is 2.10. The first kappa shape index (κ1) is 18.5. The Hall–Kier alpha value is -3.32. The predicted octanol–water partition coefficient (Wildman–Crippen LogP) is 2.30. The van der Waals surface area contributed by atoms with Gasteiger partial charge in [-0.1, -0.05) is 17.7 Å². The van der Waals surface area contributed by atoms with E-state index in [9.17, 15) is 14.4 Å². The Kier molecular flexibility index (Phi) is 5.42. The number of methoxy groups -OCH3 is 1. The molecular formula is C19H16ClN3O4. The number of nitrogens with zero attached hydrogens (tertiary/aromatic N) is 2. The summed E-state index contributed by atoms with van der Waals surface area (Å²) >= 11 is 5.87. The van der Waals surface area contributed by atoms with Crippen LogP contribution in [0.4, 0.5) is 5.69 Å². The average molecular weight is 386 g/mol. The molecule has 0 fully saturated rings. The molecule has 0 radical (unpaired) electrons. The second-order valence-electron chi connectivity index (χ2n) is 5.66. The lowest BCUT2D eigenvalue weighted by molar-refractivity contribution is -0.116. The zero-order chi connectivity index (χ0) is 19.4. The van der Waals surface area contributed by atoms with E-state index in [1.54, 1.807) is 48.5 Å². The number of hydrogen-bond acceptors (Lipinski definition) is 4. The van der Waals surface area contributed by atoms with E-state index in [2.05, 4.69) is 5.32 Å². The van der Waals surface area contributed by atoms with Crippen molar-refractivity contribution in [3.63, 3.8) is 0 Å². The van der Waals surface area contributed by atoms with Gasteiger partial charge in [0.2, 0.25) is 5.91 Å². The molecule has 1 aromatic heterocycles. The van der Waals surface area contributed by atoms with Crippen LogP contribution in [0.1, 0.15) is 0 Å². The highest BCUT2D eigenvalue weighted by Crippen LogP contribution is 2.15. The number of hydrogen-bond donors (Lipinski definition) is 1. The van der Waals surface area contributed by atoms with Crippen molar-refractivity contribution in [2.75, 3.05) is 12.4 Å². The molecule has 1 heterocycles. The number of aromatic nitrogens is 2. The molecule has 0 spiro atoms. The number of halogens is 1. The quantitative estimate of drug-likeness (QED) is 0.683. The molecule has 0 saturated carbocycles. The molecule has 1 N–H and O–H groups in total. The highest BCUT2D eigenvalue weighted by atomic mass is 35.5. The van der Waals surface area contributed by atoms with Gasteiger partial charge in [0.15, 0.2) is 0 Å². The Morgan fingerprint density at radius 3 is 2.48 bits per heavy atom. The molecule has 0 bridgehead atoms. The molecule has 3 aromatic rings. The van der Waals surface area contributed by atoms with E-state index in [0.717, 1.165) is 4.57 Å². The van der Waals surface area contributed by atoms with Gasteiger partial charge in [-0.3, -0.25) is 23.5 Å². The van der Waals surface area contributed by atoms with E-state index in [4.69, 9.17) is 16.3 Å². The fourth-order valence-electron chi connectivity index (χ4n) is 2.50. The summed E-state index contributed by atoms with van der Waals surface area (Å²) in [6.45, 7) is -0.288. The first-order valence-corrected chi connectivity index (χ1v) is 8.37. The lowest BCUT2D eigenvalue weighted by Gasteiger charge is -2.10. The third kappa shape index (κ3) is 4.27. The van der Waals surface area contributed by atoms with Gasteiger partial charge in [-0.15, -0.1) is 0 Å². The van der Waals surface area contributed by atoms with Gasteiger partial charge in [0.05, 0.1) is 7.11 Å². The van der Waals surface area contributed by atoms with Gasteiger partial charge >= 0.3 is 11.1 Å². The van der Waals surface area contributed by atoms with Crippen LogP contribution >= 0.6 is 11.6 Å². The van der Waals surface area contributed by atoms with Gasteiger partial charge in [-0.25, -0.2) is 0 Å². The zero-order valence-electron chi connectivity index (χ0n) is 14.4. The summed E-state index contributed by atoms with van der Waals surface area (Å²) in [7, 11) is 1.54. The summed E-state index contributed by atoms with van der Waals surface area (Å²) in [5, 5.41) is 3.11. The van der Waals surface area contributed by atoms with Crippen LogP contribution in [0.25, 0.3) is 5.69 Å². The molecule has 0 saturated heterocycles. The maximum Gasteiger partial charge on any atom is 0.320 e. The van der Waals surface area contributed by atoms with Crippen LogP contribution in [0.2, 0.25) is 5.02 Å². The van der Waals surface area contributed by atoms with E-state index in [1.165, 1.54) is 24.1 Å². The minimum absolute atomic E-state index is 0.288. The summed E-state index contributed by atoms with van der Waals surface area (Å²) in [4.78, 5) is 36.9. The van der Waals surface area contributed by atoms with Crippen LogP contribution in [-0.4, -0.2) is 22.2 Å². The molecule has 0 atom stereocenters. The number of benzene rings is 2. The molecule has 8 heteroatoms. The minimum atomic E-state index is -0.797. The van der Waals surface area contributed by atoms with Crippen LogP contribution in [0, 0.1) is 0 Å². The lowest BCUT2D eigenvalue weighted by Crippen LogP contribution is -2.41. The average Bonchev–Trinajstić information content (AvgIpc) is 2.66. The normalized spacial score (nSPS) is 10.4. The maximum absolute atomic E-state index is 12.4. The Bertz CT molecular complexity index is 1090. The number of carbonyl (C=O) groups excluding carboxylic acids is 1. The smallest absolute Gasteiger partial charge is 0.320 e. The fraction of sp³-hybridized carbons (Fsp3) is 0.105. The number of amides is 1. The predicted molar refractivity (Wildman–Crippen MR) is 103 cm³/mol. The van der Waals surface area contributed by atoms with E-state index in [-0.39, 0.29) is 6.54 Å². The Labute approximate surface area is 159 Å². The number of nitrogens with one attached hydrogen (secondary N) is 1. The number of carbonyl (C=O) groups is 1. The third-order valence-electron chi connectivity index (χ3n) is 3.83. The second-order valence-corrected chi connectivity index (χ2v) is 6.10. The molecule has 7 nitrogen and oxygen atoms in total. The molecule has 0 aliphatic carbocycles. The molecule has 0 unspecified atom stereocenters. The van der Waals surface area contributed by atoms with Crippen LogP contribution in [0.5, 0.6) is 5.75 Å². The van der Waals surface area contributed by atoms with E-state index >= 15 is 0 Å². The largest absolute Gasteiger partial charge is 0.497 e. The SMILES string of the molecule is COc1ccc(-n2ccn(CC(=O)Nc3cccc(Cl)c3)c(=O)c2=O)cc1. The van der Waals surface area contributed by atoms with Crippen LogP contribution < -0.4 is 21.2 Å². The summed E-state index contributed by atoms with van der Waals surface area (Å²) in [5.41, 5.74) is -0.520. The van der Waals surface area contributed by atoms with Crippen LogP contribution in [0.3, 0.4) is 0 Å². The molecule has 0 aliphatic rings. The van der Waals surface area contributed by atoms with Crippen molar-refractivity contribution in [2.45, 2.75) is 6.54 Å². The molecule has 2 aromatic carbocycles. The summed E-state index contributed by atoms with van der Waals surface area (Å²) in [6.07, 6.45) is 2.84. The highest BCUT2D eigenvalue weighted by molar-refractivity contribution is 6.30. The topological polar surface area (TPSA) is 82.3 Å². The Balaban J connectivity index is 1.81. The molecular weight excluding hydrogens is 370 g/mol. The Morgan fingerprint density at radius 2 is 1.81 bits per heavy atom. The number of rotatable bonds is 5.